The molecule has 0 aliphatic carbocycles. The minimum absolute atomic E-state index is 0.188. The molecule has 1 fully saturated rings. The van der Waals surface area contributed by atoms with Crippen LogP contribution in [0.5, 0.6) is 0 Å². The Hall–Kier alpha value is -4.29. The van der Waals surface area contributed by atoms with Crippen molar-refractivity contribution in [2.45, 2.75) is 19.4 Å². The molecular weight excluding hydrogens is 450 g/mol. The molecule has 1 aliphatic rings. The van der Waals surface area contributed by atoms with Crippen molar-refractivity contribution in [3.05, 3.63) is 96.1 Å². The Bertz CT molecular complexity index is 1590. The summed E-state index contributed by atoms with van der Waals surface area (Å²) in [7, 11) is 0. The number of hydrogen-bond donors (Lipinski definition) is 1. The fraction of sp³-hybridized carbons (Fsp3) is 0.167. The number of fused-ring (bicyclic) bond motifs is 2. The Morgan fingerprint density at radius 3 is 2.53 bits per heavy atom. The minimum atomic E-state index is -0.188. The van der Waals surface area contributed by atoms with Gasteiger partial charge in [0.15, 0.2) is 5.58 Å². The number of piperidine rings is 1. The number of nitrogens with one attached hydrogen (secondary N) is 1. The van der Waals surface area contributed by atoms with Crippen LogP contribution in [0.2, 0.25) is 0 Å². The highest BCUT2D eigenvalue weighted by atomic mass is 16.3. The summed E-state index contributed by atoms with van der Waals surface area (Å²) in [6.07, 6.45) is 1.25. The number of carbonyl (C=O) groups is 2. The predicted octanol–water partition coefficient (Wildman–Crippen LogP) is 6.07. The van der Waals surface area contributed by atoms with Gasteiger partial charge in [-0.2, -0.15) is 0 Å². The molecule has 0 spiro atoms. The zero-order valence-corrected chi connectivity index (χ0v) is 19.7. The first-order chi connectivity index (χ1) is 17.6. The molecule has 0 unspecified atom stereocenters. The molecule has 6 heteroatoms. The second-order valence-electron chi connectivity index (χ2n) is 9.20. The monoisotopic (exact) mass is 475 g/mol. The van der Waals surface area contributed by atoms with Crippen LogP contribution in [0.25, 0.3) is 33.3 Å². The zero-order chi connectivity index (χ0) is 24.5. The summed E-state index contributed by atoms with van der Waals surface area (Å²) >= 11 is 0. The number of hydrogen-bond acceptors (Lipinski definition) is 5. The van der Waals surface area contributed by atoms with E-state index in [2.05, 4.69) is 10.2 Å². The number of carbonyl (C=O) groups excluding carboxylic acids is 2. The predicted molar refractivity (Wildman–Crippen MR) is 141 cm³/mol. The molecule has 1 aliphatic heterocycles. The molecule has 1 saturated heterocycles. The number of ketones is 1. The standard InChI is InChI=1S/C30H25N3O3/c34-24-13-15-33(16-14-24)19-20-9-12-28-27(17-20)32-30(36-28)25-7-3-4-8-26(25)31-29(35)23-11-10-21-5-1-2-6-22(21)18-23/h1-12,17-18H,13-16,19H2,(H,31,35). The number of nitrogens with zero attached hydrogens (tertiary/aromatic N) is 2. The lowest BCUT2D eigenvalue weighted by Gasteiger charge is -2.25. The van der Waals surface area contributed by atoms with Gasteiger partial charge < -0.3 is 9.73 Å². The summed E-state index contributed by atoms with van der Waals surface area (Å²) in [5, 5.41) is 5.14. The van der Waals surface area contributed by atoms with Crippen molar-refractivity contribution >= 4 is 39.2 Å². The third kappa shape index (κ3) is 4.51. The van der Waals surface area contributed by atoms with Gasteiger partial charge in [-0.05, 0) is 52.7 Å². The molecule has 0 saturated carbocycles. The average Bonchev–Trinajstić information content (AvgIpc) is 3.33. The van der Waals surface area contributed by atoms with E-state index in [1.54, 1.807) is 0 Å². The number of anilines is 1. The molecule has 1 N–H and O–H groups in total. The van der Waals surface area contributed by atoms with Crippen molar-refractivity contribution in [3.63, 3.8) is 0 Å². The molecule has 6 nitrogen and oxygen atoms in total. The van der Waals surface area contributed by atoms with Gasteiger partial charge in [0, 0.05) is 38.0 Å². The highest BCUT2D eigenvalue weighted by Crippen LogP contribution is 2.31. The first-order valence-electron chi connectivity index (χ1n) is 12.2. The van der Waals surface area contributed by atoms with Crippen LogP contribution in [0.15, 0.2) is 89.3 Å². The number of oxazole rings is 1. The lowest BCUT2D eigenvalue weighted by molar-refractivity contribution is -0.121. The van der Waals surface area contributed by atoms with Crippen molar-refractivity contribution < 1.29 is 14.0 Å². The van der Waals surface area contributed by atoms with Crippen LogP contribution in [0.1, 0.15) is 28.8 Å². The Morgan fingerprint density at radius 1 is 0.889 bits per heavy atom. The van der Waals surface area contributed by atoms with E-state index < -0.39 is 0 Å². The second kappa shape index (κ2) is 9.40. The van der Waals surface area contributed by atoms with Gasteiger partial charge >= 0.3 is 0 Å². The van der Waals surface area contributed by atoms with Crippen molar-refractivity contribution in [1.82, 2.24) is 9.88 Å². The molecule has 5 aromatic rings. The van der Waals surface area contributed by atoms with E-state index in [0.29, 0.717) is 41.3 Å². The minimum Gasteiger partial charge on any atom is -0.436 e. The highest BCUT2D eigenvalue weighted by Gasteiger charge is 2.18. The maximum absolute atomic E-state index is 13.1. The van der Waals surface area contributed by atoms with Crippen molar-refractivity contribution in [1.29, 1.82) is 0 Å². The smallest absolute Gasteiger partial charge is 0.255 e. The molecule has 6 rings (SSSR count). The van der Waals surface area contributed by atoms with Crippen molar-refractivity contribution in [3.8, 4) is 11.5 Å². The van der Waals surface area contributed by atoms with Crippen LogP contribution < -0.4 is 5.32 Å². The van der Waals surface area contributed by atoms with E-state index in [1.807, 2.05) is 84.9 Å². The summed E-state index contributed by atoms with van der Waals surface area (Å²) in [6.45, 7) is 2.38. The second-order valence-corrected chi connectivity index (χ2v) is 9.20. The van der Waals surface area contributed by atoms with Gasteiger partial charge in [-0.3, -0.25) is 14.5 Å². The highest BCUT2D eigenvalue weighted by molar-refractivity contribution is 6.08. The number of aromatic nitrogens is 1. The topological polar surface area (TPSA) is 75.4 Å². The van der Waals surface area contributed by atoms with E-state index in [1.165, 1.54) is 0 Å². The fourth-order valence-corrected chi connectivity index (χ4v) is 4.71. The number of amides is 1. The van der Waals surface area contributed by atoms with E-state index in [0.717, 1.165) is 47.1 Å². The molecule has 1 amide bonds. The van der Waals surface area contributed by atoms with Crippen molar-refractivity contribution in [2.75, 3.05) is 18.4 Å². The van der Waals surface area contributed by atoms with Gasteiger partial charge in [-0.25, -0.2) is 4.98 Å². The van der Waals surface area contributed by atoms with Gasteiger partial charge in [0.1, 0.15) is 11.3 Å². The lowest BCUT2D eigenvalue weighted by atomic mass is 10.1. The molecule has 36 heavy (non-hydrogen) atoms. The molecule has 1 aromatic heterocycles. The molecule has 178 valence electrons. The molecule has 2 heterocycles. The van der Waals surface area contributed by atoms with Gasteiger partial charge in [-0.15, -0.1) is 0 Å². The average molecular weight is 476 g/mol. The Labute approximate surface area is 208 Å². The van der Waals surface area contributed by atoms with E-state index in [4.69, 9.17) is 9.40 Å². The zero-order valence-electron chi connectivity index (χ0n) is 19.7. The van der Waals surface area contributed by atoms with Crippen LogP contribution in [0.3, 0.4) is 0 Å². The Morgan fingerprint density at radius 2 is 1.67 bits per heavy atom. The van der Waals surface area contributed by atoms with E-state index in [9.17, 15) is 9.59 Å². The van der Waals surface area contributed by atoms with Gasteiger partial charge in [-0.1, -0.05) is 48.5 Å². The van der Waals surface area contributed by atoms with Crippen LogP contribution >= 0.6 is 0 Å². The first kappa shape index (κ1) is 22.2. The summed E-state index contributed by atoms with van der Waals surface area (Å²) in [4.78, 5) is 31.6. The lowest BCUT2D eigenvalue weighted by Crippen LogP contribution is -2.33. The van der Waals surface area contributed by atoms with Crippen LogP contribution in [0, 0.1) is 0 Å². The Balaban J connectivity index is 1.25. The molecule has 0 atom stereocenters. The van der Waals surface area contributed by atoms with Gasteiger partial charge in [0.05, 0.1) is 11.3 Å². The number of rotatable bonds is 5. The summed E-state index contributed by atoms with van der Waals surface area (Å²) < 4.78 is 6.08. The van der Waals surface area contributed by atoms with Crippen LogP contribution in [0.4, 0.5) is 5.69 Å². The maximum Gasteiger partial charge on any atom is 0.255 e. The summed E-state index contributed by atoms with van der Waals surface area (Å²) in [5.74, 6) is 0.612. The largest absolute Gasteiger partial charge is 0.436 e. The summed E-state index contributed by atoms with van der Waals surface area (Å²) in [5.41, 5.74) is 4.54. The molecule has 4 aromatic carbocycles. The van der Waals surface area contributed by atoms with E-state index in [-0.39, 0.29) is 5.91 Å². The van der Waals surface area contributed by atoms with Crippen molar-refractivity contribution in [2.24, 2.45) is 0 Å². The van der Waals surface area contributed by atoms with Gasteiger partial charge in [0.25, 0.3) is 5.91 Å². The molecule has 0 radical (unpaired) electrons. The molecule has 0 bridgehead atoms. The number of benzene rings is 4. The first-order valence-corrected chi connectivity index (χ1v) is 12.2. The SMILES string of the molecule is O=C1CCN(Cc2ccc3oc(-c4ccccc4NC(=O)c4ccc5ccccc5c4)nc3c2)CC1. The number of para-hydroxylation sites is 1. The third-order valence-electron chi connectivity index (χ3n) is 6.69. The number of Topliss-reactive ketones (excluding diaryl/α,β-unsaturated/α-hetero) is 1. The maximum atomic E-state index is 13.1. The van der Waals surface area contributed by atoms with E-state index >= 15 is 0 Å². The fourth-order valence-electron chi connectivity index (χ4n) is 4.71. The summed E-state index contributed by atoms with van der Waals surface area (Å²) in [6, 6.07) is 27.2. The third-order valence-corrected chi connectivity index (χ3v) is 6.69. The van der Waals surface area contributed by atoms with Gasteiger partial charge in [0.2, 0.25) is 5.89 Å². The molecular formula is C30H25N3O3. The Kier molecular flexibility index (Phi) is 5.79. The number of likely N-dealkylation sites (tertiary alicyclic amines) is 1. The van der Waals surface area contributed by atoms with Crippen LogP contribution in [-0.2, 0) is 11.3 Å². The normalized spacial score (nSPS) is 14.4. The quantitative estimate of drug-likeness (QED) is 0.334. The van der Waals surface area contributed by atoms with Crippen LogP contribution in [-0.4, -0.2) is 34.7 Å².